The van der Waals surface area contributed by atoms with E-state index in [-0.39, 0.29) is 5.92 Å². The van der Waals surface area contributed by atoms with Crippen molar-refractivity contribution in [1.29, 1.82) is 0 Å². The van der Waals surface area contributed by atoms with Crippen LogP contribution in [0.5, 0.6) is 0 Å². The van der Waals surface area contributed by atoms with Crippen molar-refractivity contribution in [1.82, 2.24) is 0 Å². The summed E-state index contributed by atoms with van der Waals surface area (Å²) in [4.78, 5) is 0. The van der Waals surface area contributed by atoms with Gasteiger partial charge in [-0.3, -0.25) is 0 Å². The highest BCUT2D eigenvalue weighted by atomic mass is 19.2. The van der Waals surface area contributed by atoms with E-state index in [9.17, 15) is 13.2 Å². The van der Waals surface area contributed by atoms with Crippen molar-refractivity contribution in [2.45, 2.75) is 83.5 Å². The molecule has 0 nitrogen and oxygen atoms in total. The zero-order valence-electron chi connectivity index (χ0n) is 16.5. The summed E-state index contributed by atoms with van der Waals surface area (Å²) in [6.07, 6.45) is 18.1. The lowest BCUT2D eigenvalue weighted by atomic mass is 9.74. The van der Waals surface area contributed by atoms with Crippen molar-refractivity contribution in [3.05, 3.63) is 47.3 Å². The van der Waals surface area contributed by atoms with Crippen molar-refractivity contribution in [3.8, 4) is 0 Å². The maximum atomic E-state index is 13.5. The molecular weight excluding hydrogens is 345 g/mol. The van der Waals surface area contributed by atoms with Crippen molar-refractivity contribution in [3.63, 3.8) is 0 Å². The summed E-state index contributed by atoms with van der Waals surface area (Å²) in [5.41, 5.74) is 0.628. The first-order valence-corrected chi connectivity index (χ1v) is 10.9. The third-order valence-electron chi connectivity index (χ3n) is 6.84. The summed E-state index contributed by atoms with van der Waals surface area (Å²) in [7, 11) is 0. The minimum Gasteiger partial charge on any atom is -0.204 e. The van der Waals surface area contributed by atoms with Gasteiger partial charge in [-0.05, 0) is 99.2 Å². The first kappa shape index (κ1) is 20.5. The predicted molar refractivity (Wildman–Crippen MR) is 105 cm³/mol. The largest absolute Gasteiger partial charge is 0.204 e. The number of allylic oxidation sites excluding steroid dienone is 2. The second-order valence-corrected chi connectivity index (χ2v) is 8.71. The second kappa shape index (κ2) is 9.80. The molecule has 2 aliphatic rings. The van der Waals surface area contributed by atoms with Crippen molar-refractivity contribution in [2.24, 2.45) is 17.8 Å². The minimum absolute atomic E-state index is 0.173. The molecule has 2 fully saturated rings. The van der Waals surface area contributed by atoms with Gasteiger partial charge in [0.05, 0.1) is 0 Å². The van der Waals surface area contributed by atoms with Crippen LogP contribution in [0.4, 0.5) is 13.2 Å². The van der Waals surface area contributed by atoms with E-state index in [1.54, 1.807) is 0 Å². The van der Waals surface area contributed by atoms with Crippen LogP contribution < -0.4 is 0 Å². The van der Waals surface area contributed by atoms with Crippen LogP contribution in [0.1, 0.15) is 89.0 Å². The van der Waals surface area contributed by atoms with Crippen LogP contribution in [0.25, 0.3) is 0 Å². The van der Waals surface area contributed by atoms with Gasteiger partial charge in [-0.25, -0.2) is 13.2 Å². The summed E-state index contributed by atoms with van der Waals surface area (Å²) in [6.45, 7) is 2.19. The third kappa shape index (κ3) is 5.62. The molecule has 3 heteroatoms. The Kier molecular flexibility index (Phi) is 7.43. The Labute approximate surface area is 162 Å². The summed E-state index contributed by atoms with van der Waals surface area (Å²) < 4.78 is 40.1. The molecule has 1 aromatic carbocycles. The van der Waals surface area contributed by atoms with Crippen LogP contribution in [-0.4, -0.2) is 0 Å². The van der Waals surface area contributed by atoms with E-state index in [1.165, 1.54) is 50.7 Å². The molecule has 0 spiro atoms. The molecule has 0 atom stereocenters. The van der Waals surface area contributed by atoms with E-state index in [4.69, 9.17) is 0 Å². The van der Waals surface area contributed by atoms with E-state index in [0.29, 0.717) is 5.56 Å². The van der Waals surface area contributed by atoms with E-state index in [2.05, 4.69) is 19.1 Å². The zero-order chi connectivity index (χ0) is 19.2. The van der Waals surface area contributed by atoms with Crippen molar-refractivity contribution < 1.29 is 13.2 Å². The van der Waals surface area contributed by atoms with Crippen LogP contribution in [0.15, 0.2) is 24.3 Å². The molecule has 0 radical (unpaired) electrons. The number of hydrogen-bond donors (Lipinski definition) is 0. The average molecular weight is 379 g/mol. The number of halogens is 3. The number of hydrogen-bond acceptors (Lipinski definition) is 0. The maximum Gasteiger partial charge on any atom is 0.194 e. The molecule has 0 saturated heterocycles. The summed E-state index contributed by atoms with van der Waals surface area (Å²) in [6, 6.07) is 2.38. The lowest BCUT2D eigenvalue weighted by molar-refractivity contribution is 0.246. The fraction of sp³-hybridized carbons (Fsp3) is 0.667. The summed E-state index contributed by atoms with van der Waals surface area (Å²) in [5, 5.41) is 0. The molecule has 150 valence electrons. The smallest absolute Gasteiger partial charge is 0.194 e. The van der Waals surface area contributed by atoms with E-state index < -0.39 is 17.5 Å². The van der Waals surface area contributed by atoms with Gasteiger partial charge in [-0.15, -0.1) is 0 Å². The molecule has 27 heavy (non-hydrogen) atoms. The Morgan fingerprint density at radius 1 is 0.815 bits per heavy atom. The SMILES string of the molecule is CC/C=C/C1CCC(CCC2CCC(c3cc(F)c(F)c(F)c3)CC2)CC1. The van der Waals surface area contributed by atoms with Gasteiger partial charge in [0.2, 0.25) is 0 Å². The van der Waals surface area contributed by atoms with Gasteiger partial charge < -0.3 is 0 Å². The second-order valence-electron chi connectivity index (χ2n) is 8.71. The maximum absolute atomic E-state index is 13.5. The Hall–Kier alpha value is -1.25. The van der Waals surface area contributed by atoms with Gasteiger partial charge in [-0.1, -0.05) is 31.9 Å². The highest BCUT2D eigenvalue weighted by Crippen LogP contribution is 2.40. The topological polar surface area (TPSA) is 0 Å². The van der Waals surface area contributed by atoms with Crippen molar-refractivity contribution >= 4 is 0 Å². The lowest BCUT2D eigenvalue weighted by Gasteiger charge is -2.31. The van der Waals surface area contributed by atoms with Gasteiger partial charge >= 0.3 is 0 Å². The monoisotopic (exact) mass is 378 g/mol. The summed E-state index contributed by atoms with van der Waals surface area (Å²) in [5.74, 6) is -0.872. The van der Waals surface area contributed by atoms with Crippen molar-refractivity contribution in [2.75, 3.05) is 0 Å². The Morgan fingerprint density at radius 3 is 1.85 bits per heavy atom. The lowest BCUT2D eigenvalue weighted by Crippen LogP contribution is -2.17. The molecule has 0 heterocycles. The molecule has 0 amide bonds. The number of benzene rings is 1. The molecule has 0 unspecified atom stereocenters. The molecule has 0 aliphatic heterocycles. The van der Waals surface area contributed by atoms with Gasteiger partial charge in [0.25, 0.3) is 0 Å². The van der Waals surface area contributed by atoms with Crippen LogP contribution in [-0.2, 0) is 0 Å². The molecule has 2 saturated carbocycles. The number of rotatable bonds is 6. The zero-order valence-corrected chi connectivity index (χ0v) is 16.5. The Balaban J connectivity index is 1.40. The van der Waals surface area contributed by atoms with Crippen LogP contribution in [0, 0.1) is 35.2 Å². The minimum atomic E-state index is -1.35. The van der Waals surface area contributed by atoms with Crippen LogP contribution in [0.2, 0.25) is 0 Å². The van der Waals surface area contributed by atoms with Gasteiger partial charge in [0, 0.05) is 0 Å². The first-order chi connectivity index (χ1) is 13.1. The molecule has 3 rings (SSSR count). The molecule has 2 aliphatic carbocycles. The van der Waals surface area contributed by atoms with Crippen LogP contribution >= 0.6 is 0 Å². The highest BCUT2D eigenvalue weighted by molar-refractivity contribution is 5.23. The van der Waals surface area contributed by atoms with E-state index >= 15 is 0 Å². The highest BCUT2D eigenvalue weighted by Gasteiger charge is 2.26. The Morgan fingerprint density at radius 2 is 1.33 bits per heavy atom. The van der Waals surface area contributed by atoms with E-state index in [1.807, 2.05) is 0 Å². The molecular formula is C24H33F3. The van der Waals surface area contributed by atoms with E-state index in [0.717, 1.165) is 49.9 Å². The fourth-order valence-electron chi connectivity index (χ4n) is 5.06. The molecule has 0 bridgehead atoms. The Bertz CT molecular complexity index is 598. The standard InChI is InChI=1S/C24H33F3/c1-2-3-4-17-5-7-18(8-6-17)9-10-19-11-13-20(14-12-19)21-15-22(25)24(27)23(26)16-21/h3-4,15-20H,2,5-14H2,1H3/b4-3+. The third-order valence-corrected chi connectivity index (χ3v) is 6.84. The molecule has 0 aromatic heterocycles. The molecule has 0 N–H and O–H groups in total. The van der Waals surface area contributed by atoms with Gasteiger partial charge in [0.1, 0.15) is 0 Å². The first-order valence-electron chi connectivity index (χ1n) is 10.9. The normalized spacial score (nSPS) is 29.3. The average Bonchev–Trinajstić information content (AvgIpc) is 2.69. The fourth-order valence-corrected chi connectivity index (χ4v) is 5.06. The predicted octanol–water partition coefficient (Wildman–Crippen LogP) is 7.93. The molecule has 1 aromatic rings. The van der Waals surface area contributed by atoms with Gasteiger partial charge in [-0.2, -0.15) is 0 Å². The van der Waals surface area contributed by atoms with Gasteiger partial charge in [0.15, 0.2) is 17.5 Å². The quantitative estimate of drug-likeness (QED) is 0.348. The summed E-state index contributed by atoms with van der Waals surface area (Å²) >= 11 is 0. The van der Waals surface area contributed by atoms with Crippen LogP contribution in [0.3, 0.4) is 0 Å².